The van der Waals surface area contributed by atoms with Gasteiger partial charge in [-0.05, 0) is 0 Å². The van der Waals surface area contributed by atoms with E-state index in [1.807, 2.05) is 0 Å². The number of carbonyl (C=O) groups is 5. The van der Waals surface area contributed by atoms with Crippen molar-refractivity contribution in [3.63, 3.8) is 0 Å². The molecule has 14 nitrogen and oxygen atoms in total. The van der Waals surface area contributed by atoms with Gasteiger partial charge in [0, 0.05) is 45.3 Å². The Morgan fingerprint density at radius 1 is 0.743 bits per heavy atom. The maximum absolute atomic E-state index is 10.8. The van der Waals surface area contributed by atoms with Gasteiger partial charge in [-0.2, -0.15) is 0 Å². The highest BCUT2D eigenvalue weighted by molar-refractivity contribution is 5.91. The van der Waals surface area contributed by atoms with Crippen molar-refractivity contribution in [2.45, 2.75) is 28.2 Å². The molecule has 2 heterocycles. The Balaban J connectivity index is 0. The van der Waals surface area contributed by atoms with Gasteiger partial charge in [0.25, 0.3) is 0 Å². The zero-order valence-electron chi connectivity index (χ0n) is 18.7. The van der Waals surface area contributed by atoms with Crippen LogP contribution in [0, 0.1) is 0 Å². The molecule has 0 saturated heterocycles. The fraction of sp³-hybridized carbons (Fsp3) is 0.286. The number of aromatic hydroxyl groups is 1. The predicted molar refractivity (Wildman–Crippen MR) is 118 cm³/mol. The van der Waals surface area contributed by atoms with Crippen molar-refractivity contribution >= 4 is 29.8 Å². The van der Waals surface area contributed by atoms with Crippen molar-refractivity contribution in [1.82, 2.24) is 9.97 Å². The maximum atomic E-state index is 10.8. The van der Waals surface area contributed by atoms with Gasteiger partial charge >= 0.3 is 29.8 Å². The highest BCUT2D eigenvalue weighted by atomic mass is 16.6. The molecule has 2 aromatic rings. The third kappa shape index (κ3) is 11.6. The van der Waals surface area contributed by atoms with Crippen molar-refractivity contribution < 1.29 is 58.2 Å². The molecule has 0 aliphatic heterocycles. The highest BCUT2D eigenvalue weighted by Gasteiger charge is 2.19. The topological polar surface area (TPSA) is 209 Å². The third-order valence-corrected chi connectivity index (χ3v) is 3.13. The Kier molecular flexibility index (Phi) is 14.8. The Labute approximate surface area is 200 Å². The normalized spacial score (nSPS) is 8.83. The van der Waals surface area contributed by atoms with Crippen molar-refractivity contribution in [2.24, 2.45) is 0 Å². The van der Waals surface area contributed by atoms with Gasteiger partial charge in [-0.15, -0.1) is 0 Å². The lowest BCUT2D eigenvalue weighted by atomic mass is 10.3. The highest BCUT2D eigenvalue weighted by Crippen LogP contribution is 2.29. The minimum atomic E-state index is -1.29. The number of nitrogens with zero attached hydrogens (tertiary/aromatic N) is 2. The van der Waals surface area contributed by atoms with Crippen LogP contribution >= 0.6 is 0 Å². The third-order valence-electron chi connectivity index (χ3n) is 3.13. The molecule has 0 aromatic carbocycles. The molecule has 0 saturated carbocycles. The molecule has 0 unspecified atom stereocenters. The quantitative estimate of drug-likeness (QED) is 0.397. The molecule has 2 rings (SSSR count). The van der Waals surface area contributed by atoms with Crippen LogP contribution in [0.25, 0.3) is 0 Å². The number of pyridine rings is 2. The summed E-state index contributed by atoms with van der Waals surface area (Å²) in [6, 6.07) is 2.78. The van der Waals surface area contributed by atoms with Crippen molar-refractivity contribution in [1.29, 1.82) is 0 Å². The second kappa shape index (κ2) is 16.0. The molecule has 0 bridgehead atoms. The van der Waals surface area contributed by atoms with Gasteiger partial charge in [0.05, 0.1) is 14.2 Å². The van der Waals surface area contributed by atoms with Gasteiger partial charge in [-0.1, -0.05) is 7.43 Å². The van der Waals surface area contributed by atoms with Crippen LogP contribution in [0.15, 0.2) is 24.5 Å². The van der Waals surface area contributed by atoms with Gasteiger partial charge in [-0.25, -0.2) is 19.6 Å². The second-order valence-electron chi connectivity index (χ2n) is 5.69. The molecule has 0 fully saturated rings. The van der Waals surface area contributed by atoms with Crippen LogP contribution in [-0.4, -0.2) is 69.4 Å². The van der Waals surface area contributed by atoms with Crippen LogP contribution in [-0.2, 0) is 19.1 Å². The van der Waals surface area contributed by atoms with Gasteiger partial charge in [0.1, 0.15) is 0 Å². The van der Waals surface area contributed by atoms with Gasteiger partial charge in [0.2, 0.25) is 5.75 Å². The standard InChI is InChI=1S/C9H9NO5.C7H7NO4.C4H6O3.CH4/c1-5(11)15-8-6(14-2)3-4-10-7(8)9(12)13;1-12-4-2-3-8-5(6(4)9)7(10)11;1-3(5)7-4(2)6;/h3-4H,1-2H3,(H,12,13);2-3,9H,1H3,(H,10,11);1-2H3;1H4. The number of esters is 3. The summed E-state index contributed by atoms with van der Waals surface area (Å²) in [5.74, 6) is -4.71. The van der Waals surface area contributed by atoms with E-state index >= 15 is 0 Å². The molecule has 35 heavy (non-hydrogen) atoms. The average Bonchev–Trinajstić information content (AvgIpc) is 2.73. The minimum absolute atomic E-state index is 0. The molecule has 0 atom stereocenters. The van der Waals surface area contributed by atoms with Crippen molar-refractivity contribution in [3.8, 4) is 23.0 Å². The summed E-state index contributed by atoms with van der Waals surface area (Å²) in [5.41, 5.74) is -0.765. The summed E-state index contributed by atoms with van der Waals surface area (Å²) in [4.78, 5) is 58.6. The number of aromatic nitrogens is 2. The molecular weight excluding hydrogens is 472 g/mol. The fourth-order valence-electron chi connectivity index (χ4n) is 1.95. The van der Waals surface area contributed by atoms with Crippen LogP contribution in [0.2, 0.25) is 0 Å². The summed E-state index contributed by atoms with van der Waals surface area (Å²) < 4.78 is 18.2. The summed E-state index contributed by atoms with van der Waals surface area (Å²) in [6.45, 7) is 3.53. The number of carboxylic acids is 2. The molecule has 0 radical (unpaired) electrons. The molecule has 14 heteroatoms. The van der Waals surface area contributed by atoms with E-state index in [-0.39, 0.29) is 30.4 Å². The SMILES string of the molecule is C.CC(=O)OC(C)=O.COc1ccnc(C(=O)O)c1O.COc1ccnc(C(=O)O)c1OC(C)=O. The number of aromatic carboxylic acids is 2. The summed E-state index contributed by atoms with van der Waals surface area (Å²) >= 11 is 0. The molecular formula is C21H26N2O12. The molecule has 0 aliphatic rings. The summed E-state index contributed by atoms with van der Waals surface area (Å²) in [5, 5.41) is 26.5. The number of hydrogen-bond acceptors (Lipinski definition) is 12. The van der Waals surface area contributed by atoms with Crippen molar-refractivity contribution in [2.75, 3.05) is 14.2 Å². The van der Waals surface area contributed by atoms with Crippen molar-refractivity contribution in [3.05, 3.63) is 35.9 Å². The lowest BCUT2D eigenvalue weighted by Gasteiger charge is -2.08. The first kappa shape index (κ1) is 32.4. The van der Waals surface area contributed by atoms with E-state index in [9.17, 15) is 29.1 Å². The average molecular weight is 498 g/mol. The first-order chi connectivity index (χ1) is 15.8. The zero-order chi connectivity index (χ0) is 26.4. The molecule has 3 N–H and O–H groups in total. The Morgan fingerprint density at radius 3 is 1.51 bits per heavy atom. The summed E-state index contributed by atoms with van der Waals surface area (Å²) in [7, 11) is 2.68. The Hall–Kier alpha value is -4.75. The Bertz CT molecular complexity index is 1040. The van der Waals surface area contributed by atoms with E-state index < -0.39 is 41.3 Å². The number of methoxy groups -OCH3 is 2. The number of ether oxygens (including phenoxy) is 4. The summed E-state index contributed by atoms with van der Waals surface area (Å²) in [6.07, 6.45) is 2.51. The van der Waals surface area contributed by atoms with Gasteiger partial charge in [0.15, 0.2) is 28.6 Å². The van der Waals surface area contributed by atoms with Gasteiger partial charge < -0.3 is 34.3 Å². The van der Waals surface area contributed by atoms with E-state index in [0.717, 1.165) is 6.92 Å². The smallest absolute Gasteiger partial charge is 0.358 e. The van der Waals surface area contributed by atoms with Crippen LogP contribution in [0.4, 0.5) is 0 Å². The largest absolute Gasteiger partial charge is 0.503 e. The van der Waals surface area contributed by atoms with Crippen LogP contribution in [0.1, 0.15) is 49.2 Å². The molecule has 0 spiro atoms. The van der Waals surface area contributed by atoms with Crippen LogP contribution in [0.3, 0.4) is 0 Å². The van der Waals surface area contributed by atoms with E-state index in [2.05, 4.69) is 19.4 Å². The molecule has 0 amide bonds. The van der Waals surface area contributed by atoms with Crippen LogP contribution < -0.4 is 14.2 Å². The second-order valence-corrected chi connectivity index (χ2v) is 5.69. The molecule has 0 aliphatic carbocycles. The van der Waals surface area contributed by atoms with E-state index in [1.54, 1.807) is 0 Å². The lowest BCUT2D eigenvalue weighted by Crippen LogP contribution is -2.10. The van der Waals surface area contributed by atoms with Gasteiger partial charge in [-0.3, -0.25) is 14.4 Å². The predicted octanol–water partition coefficient (Wildman–Crippen LogP) is 1.94. The molecule has 192 valence electrons. The lowest BCUT2D eigenvalue weighted by molar-refractivity contribution is -0.156. The number of rotatable bonds is 5. The number of hydrogen-bond donors (Lipinski definition) is 3. The fourth-order valence-corrected chi connectivity index (χ4v) is 1.95. The Morgan fingerprint density at radius 2 is 1.17 bits per heavy atom. The number of carbonyl (C=O) groups excluding carboxylic acids is 3. The first-order valence-electron chi connectivity index (χ1n) is 8.94. The zero-order valence-corrected chi connectivity index (χ0v) is 18.7. The minimum Gasteiger partial charge on any atom is -0.503 e. The maximum Gasteiger partial charge on any atom is 0.358 e. The molecule has 2 aromatic heterocycles. The van der Waals surface area contributed by atoms with Crippen LogP contribution in [0.5, 0.6) is 23.0 Å². The van der Waals surface area contributed by atoms with E-state index in [0.29, 0.717) is 0 Å². The number of carboxylic acid groups (broad SMARTS) is 2. The van der Waals surface area contributed by atoms with E-state index in [1.165, 1.54) is 52.6 Å². The van der Waals surface area contributed by atoms with E-state index in [4.69, 9.17) is 19.7 Å². The first-order valence-corrected chi connectivity index (χ1v) is 8.94. The monoisotopic (exact) mass is 498 g/mol.